The van der Waals surface area contributed by atoms with Gasteiger partial charge < -0.3 is 20.5 Å². The highest BCUT2D eigenvalue weighted by atomic mass is 16.6. The highest BCUT2D eigenvalue weighted by Gasteiger charge is 2.22. The smallest absolute Gasteiger partial charge is 0.407 e. The van der Waals surface area contributed by atoms with E-state index in [4.69, 9.17) is 4.74 Å². The molecule has 0 saturated heterocycles. The summed E-state index contributed by atoms with van der Waals surface area (Å²) in [5.74, 6) is 0. The first-order valence-corrected chi connectivity index (χ1v) is 8.21. The standard InChI is InChI=1S/C16H32N2O3/c1-5-6-13(11-17-15(20)21-16(2,3)4)18-12-7-9-14(19)10-8-12/h12-14,18-19H,5-11H2,1-4H3,(H,17,20). The summed E-state index contributed by atoms with van der Waals surface area (Å²) in [4.78, 5) is 11.7. The Morgan fingerprint density at radius 2 is 1.90 bits per heavy atom. The molecule has 1 amide bonds. The summed E-state index contributed by atoms with van der Waals surface area (Å²) in [6, 6.07) is 0.716. The van der Waals surface area contributed by atoms with Crippen LogP contribution in [0.3, 0.4) is 0 Å². The first-order valence-electron chi connectivity index (χ1n) is 8.21. The van der Waals surface area contributed by atoms with Crippen LogP contribution >= 0.6 is 0 Å². The average molecular weight is 300 g/mol. The van der Waals surface area contributed by atoms with Gasteiger partial charge in [0.1, 0.15) is 5.60 Å². The maximum atomic E-state index is 11.7. The Hall–Kier alpha value is -0.810. The third-order valence-electron chi connectivity index (χ3n) is 3.70. The minimum absolute atomic E-state index is 0.132. The third-order valence-corrected chi connectivity index (χ3v) is 3.70. The molecule has 1 fully saturated rings. The lowest BCUT2D eigenvalue weighted by Crippen LogP contribution is -2.47. The van der Waals surface area contributed by atoms with Crippen LogP contribution in [-0.4, -0.2) is 41.5 Å². The van der Waals surface area contributed by atoms with Gasteiger partial charge in [0.2, 0.25) is 0 Å². The highest BCUT2D eigenvalue weighted by Crippen LogP contribution is 2.19. The molecule has 0 spiro atoms. The van der Waals surface area contributed by atoms with Crippen molar-refractivity contribution >= 4 is 6.09 Å². The van der Waals surface area contributed by atoms with Crippen LogP contribution in [0.1, 0.15) is 66.2 Å². The van der Waals surface area contributed by atoms with Gasteiger partial charge in [0.15, 0.2) is 0 Å². The zero-order chi connectivity index (χ0) is 15.9. The fourth-order valence-electron chi connectivity index (χ4n) is 2.69. The Labute approximate surface area is 128 Å². The summed E-state index contributed by atoms with van der Waals surface area (Å²) in [6.45, 7) is 8.32. The van der Waals surface area contributed by atoms with Crippen molar-refractivity contribution in [2.45, 2.75) is 90.0 Å². The van der Waals surface area contributed by atoms with E-state index in [0.717, 1.165) is 38.5 Å². The van der Waals surface area contributed by atoms with Crippen molar-refractivity contribution in [3.8, 4) is 0 Å². The number of carbonyl (C=O) groups excluding carboxylic acids is 1. The molecule has 0 radical (unpaired) electrons. The van der Waals surface area contributed by atoms with Gasteiger partial charge in [-0.05, 0) is 52.9 Å². The maximum absolute atomic E-state index is 11.7. The van der Waals surface area contributed by atoms with Crippen molar-refractivity contribution < 1.29 is 14.6 Å². The molecule has 3 N–H and O–H groups in total. The fourth-order valence-corrected chi connectivity index (χ4v) is 2.69. The largest absolute Gasteiger partial charge is 0.444 e. The monoisotopic (exact) mass is 300 g/mol. The second kappa shape index (κ2) is 8.59. The molecule has 1 atom stereocenters. The van der Waals surface area contributed by atoms with Crippen molar-refractivity contribution in [3.05, 3.63) is 0 Å². The molecule has 5 nitrogen and oxygen atoms in total. The van der Waals surface area contributed by atoms with E-state index in [1.807, 2.05) is 20.8 Å². The first kappa shape index (κ1) is 18.2. The van der Waals surface area contributed by atoms with E-state index >= 15 is 0 Å². The number of aliphatic hydroxyl groups is 1. The van der Waals surface area contributed by atoms with Crippen molar-refractivity contribution in [1.29, 1.82) is 0 Å². The van der Waals surface area contributed by atoms with Crippen LogP contribution in [0.25, 0.3) is 0 Å². The van der Waals surface area contributed by atoms with Crippen molar-refractivity contribution in [2.24, 2.45) is 0 Å². The molecule has 0 heterocycles. The quantitative estimate of drug-likeness (QED) is 0.705. The maximum Gasteiger partial charge on any atom is 0.407 e. The summed E-state index contributed by atoms with van der Waals surface area (Å²) in [5.41, 5.74) is -0.461. The molecule has 1 aliphatic rings. The Morgan fingerprint density at radius 3 is 2.43 bits per heavy atom. The summed E-state index contributed by atoms with van der Waals surface area (Å²) in [7, 11) is 0. The average Bonchev–Trinajstić information content (AvgIpc) is 2.37. The van der Waals surface area contributed by atoms with E-state index in [1.165, 1.54) is 0 Å². The minimum Gasteiger partial charge on any atom is -0.444 e. The SMILES string of the molecule is CCCC(CNC(=O)OC(C)(C)C)NC1CCC(O)CC1. The molecular weight excluding hydrogens is 268 g/mol. The van der Waals surface area contributed by atoms with E-state index in [-0.39, 0.29) is 18.2 Å². The number of hydrogen-bond donors (Lipinski definition) is 3. The van der Waals surface area contributed by atoms with Gasteiger partial charge in [-0.1, -0.05) is 13.3 Å². The predicted octanol–water partition coefficient (Wildman–Crippen LogP) is 2.57. The molecule has 0 bridgehead atoms. The third kappa shape index (κ3) is 8.27. The normalized spacial score (nSPS) is 24.4. The molecule has 124 valence electrons. The molecule has 1 saturated carbocycles. The molecule has 0 aromatic carbocycles. The minimum atomic E-state index is -0.461. The van der Waals surface area contributed by atoms with Gasteiger partial charge >= 0.3 is 6.09 Å². The van der Waals surface area contributed by atoms with Crippen molar-refractivity contribution in [1.82, 2.24) is 10.6 Å². The summed E-state index contributed by atoms with van der Waals surface area (Å²) in [6.07, 6.45) is 5.36. The first-order chi connectivity index (χ1) is 9.80. The number of hydrogen-bond acceptors (Lipinski definition) is 4. The van der Waals surface area contributed by atoms with Gasteiger partial charge in [0.25, 0.3) is 0 Å². The van der Waals surface area contributed by atoms with Gasteiger partial charge in [-0.3, -0.25) is 0 Å². The van der Waals surface area contributed by atoms with Crippen molar-refractivity contribution in [3.63, 3.8) is 0 Å². The Balaban J connectivity index is 2.34. The number of nitrogens with one attached hydrogen (secondary N) is 2. The second-order valence-corrected chi connectivity index (χ2v) is 7.04. The topological polar surface area (TPSA) is 70.6 Å². The number of aliphatic hydroxyl groups excluding tert-OH is 1. The number of rotatable bonds is 6. The van der Waals surface area contributed by atoms with Crippen LogP contribution in [0.15, 0.2) is 0 Å². The van der Waals surface area contributed by atoms with Crippen LogP contribution in [0.4, 0.5) is 4.79 Å². The molecule has 0 aromatic heterocycles. The van der Waals surface area contributed by atoms with Gasteiger partial charge in [0.05, 0.1) is 6.10 Å². The van der Waals surface area contributed by atoms with Gasteiger partial charge in [-0.15, -0.1) is 0 Å². The van der Waals surface area contributed by atoms with E-state index in [1.54, 1.807) is 0 Å². The lowest BCUT2D eigenvalue weighted by atomic mass is 9.92. The van der Waals surface area contributed by atoms with Gasteiger partial charge in [-0.2, -0.15) is 0 Å². The van der Waals surface area contributed by atoms with Crippen molar-refractivity contribution in [2.75, 3.05) is 6.54 Å². The molecule has 0 aromatic rings. The van der Waals surface area contributed by atoms with Crippen LogP contribution in [0.5, 0.6) is 0 Å². The lowest BCUT2D eigenvalue weighted by molar-refractivity contribution is 0.0519. The molecule has 1 unspecified atom stereocenters. The predicted molar refractivity (Wildman–Crippen MR) is 84.3 cm³/mol. The lowest BCUT2D eigenvalue weighted by Gasteiger charge is -2.30. The van der Waals surface area contributed by atoms with Crippen LogP contribution in [-0.2, 0) is 4.74 Å². The van der Waals surface area contributed by atoms with E-state index < -0.39 is 5.60 Å². The fraction of sp³-hybridized carbons (Fsp3) is 0.938. The number of carbonyl (C=O) groups is 1. The summed E-state index contributed by atoms with van der Waals surface area (Å²) < 4.78 is 5.26. The van der Waals surface area contributed by atoms with Crippen LogP contribution in [0, 0.1) is 0 Å². The molecule has 0 aliphatic heterocycles. The van der Waals surface area contributed by atoms with Crippen LogP contribution < -0.4 is 10.6 Å². The number of alkyl carbamates (subject to hydrolysis) is 1. The zero-order valence-electron chi connectivity index (χ0n) is 13.9. The highest BCUT2D eigenvalue weighted by molar-refractivity contribution is 5.67. The van der Waals surface area contributed by atoms with Gasteiger partial charge in [0, 0.05) is 18.6 Å². The van der Waals surface area contributed by atoms with Crippen LogP contribution in [0.2, 0.25) is 0 Å². The molecule has 1 rings (SSSR count). The summed E-state index contributed by atoms with van der Waals surface area (Å²) >= 11 is 0. The second-order valence-electron chi connectivity index (χ2n) is 7.04. The number of amides is 1. The molecular formula is C16H32N2O3. The van der Waals surface area contributed by atoms with Gasteiger partial charge in [-0.25, -0.2) is 4.79 Å². The molecule has 5 heteroatoms. The summed E-state index contributed by atoms with van der Waals surface area (Å²) in [5, 5.41) is 16.0. The Kier molecular flexibility index (Phi) is 7.46. The Bertz CT molecular complexity index is 307. The van der Waals surface area contributed by atoms with E-state index in [9.17, 15) is 9.90 Å². The molecule has 1 aliphatic carbocycles. The van der Waals surface area contributed by atoms with E-state index in [0.29, 0.717) is 12.6 Å². The zero-order valence-corrected chi connectivity index (χ0v) is 13.9. The molecule has 21 heavy (non-hydrogen) atoms. The van der Waals surface area contributed by atoms with E-state index in [2.05, 4.69) is 17.6 Å². The number of ether oxygens (including phenoxy) is 1. The Morgan fingerprint density at radius 1 is 1.29 bits per heavy atom.